The van der Waals surface area contributed by atoms with E-state index in [2.05, 4.69) is 16.6 Å². The standard InChI is InChI=1S/C17H21FN2O2/c1-3-17(2,21)11-20-8-6-12(7-9-20)16-14-5-4-13(18)10-15(14)22-19-16/h3-5,10,12,21H,1,6-9,11H2,2H3. The first-order valence-electron chi connectivity index (χ1n) is 7.62. The topological polar surface area (TPSA) is 49.5 Å². The summed E-state index contributed by atoms with van der Waals surface area (Å²) in [6, 6.07) is 4.56. The van der Waals surface area contributed by atoms with Gasteiger partial charge < -0.3 is 14.5 Å². The Morgan fingerprint density at radius 3 is 2.91 bits per heavy atom. The molecular weight excluding hydrogens is 283 g/mol. The number of halogens is 1. The monoisotopic (exact) mass is 304 g/mol. The van der Waals surface area contributed by atoms with E-state index in [0.29, 0.717) is 18.0 Å². The van der Waals surface area contributed by atoms with Crippen LogP contribution in [0.1, 0.15) is 31.4 Å². The Labute approximate surface area is 129 Å². The third-order valence-corrected chi connectivity index (χ3v) is 4.42. The van der Waals surface area contributed by atoms with Gasteiger partial charge in [0.1, 0.15) is 5.82 Å². The minimum atomic E-state index is -0.856. The van der Waals surface area contributed by atoms with Gasteiger partial charge in [-0.2, -0.15) is 0 Å². The first-order chi connectivity index (χ1) is 10.5. The van der Waals surface area contributed by atoms with Crippen LogP contribution in [0, 0.1) is 5.82 Å². The zero-order valence-corrected chi connectivity index (χ0v) is 12.8. The molecule has 1 atom stereocenters. The molecule has 1 saturated heterocycles. The van der Waals surface area contributed by atoms with Gasteiger partial charge >= 0.3 is 0 Å². The van der Waals surface area contributed by atoms with E-state index < -0.39 is 5.60 Å². The lowest BCUT2D eigenvalue weighted by Crippen LogP contribution is -2.43. The van der Waals surface area contributed by atoms with Crippen molar-refractivity contribution in [2.45, 2.75) is 31.3 Å². The van der Waals surface area contributed by atoms with E-state index in [1.807, 2.05) is 0 Å². The number of hydrogen-bond donors (Lipinski definition) is 1. The van der Waals surface area contributed by atoms with E-state index in [9.17, 15) is 9.50 Å². The van der Waals surface area contributed by atoms with Crippen molar-refractivity contribution < 1.29 is 14.0 Å². The summed E-state index contributed by atoms with van der Waals surface area (Å²) in [5, 5.41) is 15.1. The fourth-order valence-electron chi connectivity index (χ4n) is 3.11. The van der Waals surface area contributed by atoms with E-state index in [0.717, 1.165) is 37.0 Å². The molecule has 2 aromatic rings. The normalized spacial score (nSPS) is 20.1. The maximum absolute atomic E-state index is 13.2. The number of benzene rings is 1. The SMILES string of the molecule is C=CC(C)(O)CN1CCC(c2noc3cc(F)ccc23)CC1. The first-order valence-corrected chi connectivity index (χ1v) is 7.62. The Bertz CT molecular complexity index is 672. The number of likely N-dealkylation sites (tertiary alicyclic amines) is 1. The Balaban J connectivity index is 1.69. The molecule has 3 rings (SSSR count). The third kappa shape index (κ3) is 3.05. The number of aliphatic hydroxyl groups is 1. The molecule has 5 heteroatoms. The average Bonchev–Trinajstić information content (AvgIpc) is 2.90. The molecule has 22 heavy (non-hydrogen) atoms. The highest BCUT2D eigenvalue weighted by Gasteiger charge is 2.28. The van der Waals surface area contributed by atoms with Gasteiger partial charge in [0.15, 0.2) is 5.58 Å². The van der Waals surface area contributed by atoms with Gasteiger partial charge in [0.2, 0.25) is 0 Å². The van der Waals surface area contributed by atoms with Crippen molar-refractivity contribution in [1.82, 2.24) is 10.1 Å². The molecule has 0 spiro atoms. The maximum Gasteiger partial charge on any atom is 0.170 e. The molecule has 0 aliphatic carbocycles. The second-order valence-corrected chi connectivity index (χ2v) is 6.32. The lowest BCUT2D eigenvalue weighted by molar-refractivity contribution is 0.0516. The second kappa shape index (κ2) is 5.82. The number of piperidine rings is 1. The molecule has 0 saturated carbocycles. The summed E-state index contributed by atoms with van der Waals surface area (Å²) in [5.74, 6) is 0.00770. The maximum atomic E-state index is 13.2. The molecule has 1 unspecified atom stereocenters. The Kier molecular flexibility index (Phi) is 4.02. The number of nitrogens with zero attached hydrogens (tertiary/aromatic N) is 2. The van der Waals surface area contributed by atoms with Gasteiger partial charge in [-0.05, 0) is 45.0 Å². The third-order valence-electron chi connectivity index (χ3n) is 4.42. The minimum absolute atomic E-state index is 0.309. The zero-order valence-electron chi connectivity index (χ0n) is 12.8. The number of fused-ring (bicyclic) bond motifs is 1. The van der Waals surface area contributed by atoms with Crippen LogP contribution in [0.4, 0.5) is 4.39 Å². The summed E-state index contributed by atoms with van der Waals surface area (Å²) < 4.78 is 18.5. The Hall–Kier alpha value is -1.72. The van der Waals surface area contributed by atoms with E-state index in [4.69, 9.17) is 4.52 Å². The van der Waals surface area contributed by atoms with Crippen LogP contribution in [0.15, 0.2) is 35.4 Å². The summed E-state index contributed by atoms with van der Waals surface area (Å²) in [5.41, 5.74) is 0.572. The summed E-state index contributed by atoms with van der Waals surface area (Å²) in [6.07, 6.45) is 3.48. The summed E-state index contributed by atoms with van der Waals surface area (Å²) >= 11 is 0. The van der Waals surface area contributed by atoms with Gasteiger partial charge in [-0.15, -0.1) is 6.58 Å². The molecule has 0 amide bonds. The van der Waals surface area contributed by atoms with Gasteiger partial charge in [-0.1, -0.05) is 11.2 Å². The number of hydrogen-bond acceptors (Lipinski definition) is 4. The van der Waals surface area contributed by atoms with Crippen LogP contribution in [0.5, 0.6) is 0 Å². The second-order valence-electron chi connectivity index (χ2n) is 6.32. The smallest absolute Gasteiger partial charge is 0.170 e. The molecular formula is C17H21FN2O2. The van der Waals surface area contributed by atoms with Crippen molar-refractivity contribution in [3.63, 3.8) is 0 Å². The molecule has 0 bridgehead atoms. The highest BCUT2D eigenvalue weighted by Crippen LogP contribution is 2.33. The molecule has 1 aromatic heterocycles. The first kappa shape index (κ1) is 15.2. The van der Waals surface area contributed by atoms with Gasteiger partial charge in [-0.25, -0.2) is 4.39 Å². The van der Waals surface area contributed by atoms with Crippen molar-refractivity contribution in [2.75, 3.05) is 19.6 Å². The molecule has 1 aromatic carbocycles. The fraction of sp³-hybridized carbons (Fsp3) is 0.471. The Morgan fingerprint density at radius 1 is 1.50 bits per heavy atom. The molecule has 1 N–H and O–H groups in total. The van der Waals surface area contributed by atoms with E-state index in [-0.39, 0.29) is 5.82 Å². The summed E-state index contributed by atoms with van der Waals surface area (Å²) in [6.45, 7) is 7.81. The fourth-order valence-corrected chi connectivity index (χ4v) is 3.11. The minimum Gasteiger partial charge on any atom is -0.385 e. The molecule has 4 nitrogen and oxygen atoms in total. The molecule has 1 aliphatic heterocycles. The molecule has 1 aliphatic rings. The molecule has 0 radical (unpaired) electrons. The van der Waals surface area contributed by atoms with Crippen molar-refractivity contribution in [1.29, 1.82) is 0 Å². The lowest BCUT2D eigenvalue weighted by atomic mass is 9.91. The van der Waals surface area contributed by atoms with Crippen molar-refractivity contribution >= 4 is 11.0 Å². The van der Waals surface area contributed by atoms with E-state index >= 15 is 0 Å². The van der Waals surface area contributed by atoms with Gasteiger partial charge in [-0.3, -0.25) is 0 Å². The predicted molar refractivity (Wildman–Crippen MR) is 83.2 cm³/mol. The highest BCUT2D eigenvalue weighted by atomic mass is 19.1. The van der Waals surface area contributed by atoms with E-state index in [1.165, 1.54) is 12.1 Å². The van der Waals surface area contributed by atoms with Gasteiger partial charge in [0, 0.05) is 23.9 Å². The van der Waals surface area contributed by atoms with Gasteiger partial charge in [0.25, 0.3) is 0 Å². The average molecular weight is 304 g/mol. The van der Waals surface area contributed by atoms with Crippen molar-refractivity contribution in [2.24, 2.45) is 0 Å². The highest BCUT2D eigenvalue weighted by molar-refractivity contribution is 5.79. The van der Waals surface area contributed by atoms with Crippen LogP contribution in [0.2, 0.25) is 0 Å². The predicted octanol–water partition coefficient (Wildman–Crippen LogP) is 3.08. The number of rotatable bonds is 4. The number of aromatic nitrogens is 1. The number of β-amino-alcohol motifs (C(OH)–C–C–N with tert-alkyl or cyclic N) is 1. The molecule has 1 fully saturated rings. The lowest BCUT2D eigenvalue weighted by Gasteiger charge is -2.35. The van der Waals surface area contributed by atoms with Crippen molar-refractivity contribution in [3.8, 4) is 0 Å². The van der Waals surface area contributed by atoms with Crippen LogP contribution in [-0.2, 0) is 0 Å². The Morgan fingerprint density at radius 2 is 2.23 bits per heavy atom. The summed E-state index contributed by atoms with van der Waals surface area (Å²) in [7, 11) is 0. The van der Waals surface area contributed by atoms with Crippen LogP contribution in [0.25, 0.3) is 11.0 Å². The molecule has 118 valence electrons. The largest absolute Gasteiger partial charge is 0.385 e. The van der Waals surface area contributed by atoms with Crippen LogP contribution in [-0.4, -0.2) is 40.4 Å². The summed E-state index contributed by atoms with van der Waals surface area (Å²) in [4.78, 5) is 2.24. The van der Waals surface area contributed by atoms with Crippen molar-refractivity contribution in [3.05, 3.63) is 42.4 Å². The quantitative estimate of drug-likeness (QED) is 0.882. The van der Waals surface area contributed by atoms with Crippen LogP contribution < -0.4 is 0 Å². The zero-order chi connectivity index (χ0) is 15.7. The van der Waals surface area contributed by atoms with E-state index in [1.54, 1.807) is 19.1 Å². The van der Waals surface area contributed by atoms with Crippen LogP contribution in [0.3, 0.4) is 0 Å². The van der Waals surface area contributed by atoms with Gasteiger partial charge in [0.05, 0.1) is 11.3 Å². The molecule has 2 heterocycles. The van der Waals surface area contributed by atoms with Crippen LogP contribution >= 0.6 is 0 Å².